The second-order valence-electron chi connectivity index (χ2n) is 5.19. The molecule has 0 aromatic heterocycles. The smallest absolute Gasteiger partial charge is 0.119 e. The van der Waals surface area contributed by atoms with Gasteiger partial charge in [0.15, 0.2) is 0 Å². The van der Waals surface area contributed by atoms with Gasteiger partial charge in [-0.2, -0.15) is 0 Å². The van der Waals surface area contributed by atoms with Crippen molar-refractivity contribution >= 4 is 15.9 Å². The molecule has 0 heterocycles. The third-order valence-corrected chi connectivity index (χ3v) is 3.93. The van der Waals surface area contributed by atoms with E-state index in [9.17, 15) is 5.11 Å². The van der Waals surface area contributed by atoms with E-state index in [0.29, 0.717) is 12.5 Å². The van der Waals surface area contributed by atoms with Crippen LogP contribution in [0.4, 0.5) is 0 Å². The number of aliphatic hydroxyl groups excluding tert-OH is 1. The van der Waals surface area contributed by atoms with Gasteiger partial charge < -0.3 is 9.84 Å². The molecule has 1 atom stereocenters. The number of aliphatic hydroxyl groups is 1. The number of benzene rings is 2. The predicted molar refractivity (Wildman–Crippen MR) is 89.6 cm³/mol. The Balaban J connectivity index is 1.72. The van der Waals surface area contributed by atoms with Crippen molar-refractivity contribution in [2.45, 2.75) is 19.3 Å². The van der Waals surface area contributed by atoms with Crippen LogP contribution in [0.2, 0.25) is 0 Å². The van der Waals surface area contributed by atoms with Gasteiger partial charge in [-0.1, -0.05) is 46.3 Å². The van der Waals surface area contributed by atoms with E-state index in [4.69, 9.17) is 4.74 Å². The van der Waals surface area contributed by atoms with Gasteiger partial charge in [-0.25, -0.2) is 0 Å². The maximum atomic E-state index is 9.52. The quantitative estimate of drug-likeness (QED) is 0.713. The fourth-order valence-corrected chi connectivity index (χ4v) is 2.78. The van der Waals surface area contributed by atoms with Crippen molar-refractivity contribution in [3.8, 4) is 5.75 Å². The van der Waals surface area contributed by atoms with E-state index in [2.05, 4.69) is 28.1 Å². The molecule has 0 amide bonds. The molecule has 0 aliphatic carbocycles. The van der Waals surface area contributed by atoms with Crippen LogP contribution < -0.4 is 4.74 Å². The number of hydrogen-bond acceptors (Lipinski definition) is 2. The van der Waals surface area contributed by atoms with Crippen LogP contribution in [0.5, 0.6) is 5.75 Å². The van der Waals surface area contributed by atoms with Gasteiger partial charge in [0.25, 0.3) is 0 Å². The molecule has 0 spiro atoms. The highest BCUT2D eigenvalue weighted by molar-refractivity contribution is 9.10. The van der Waals surface area contributed by atoms with Gasteiger partial charge in [0, 0.05) is 11.1 Å². The zero-order valence-corrected chi connectivity index (χ0v) is 13.6. The number of para-hydroxylation sites is 1. The molecule has 1 unspecified atom stereocenters. The van der Waals surface area contributed by atoms with Crippen molar-refractivity contribution < 1.29 is 9.84 Å². The van der Waals surface area contributed by atoms with Gasteiger partial charge >= 0.3 is 0 Å². The maximum absolute atomic E-state index is 9.52. The van der Waals surface area contributed by atoms with Gasteiger partial charge in [0.2, 0.25) is 0 Å². The Bertz CT molecular complexity index is 528. The summed E-state index contributed by atoms with van der Waals surface area (Å²) in [5.74, 6) is 1.20. The Morgan fingerprint density at radius 1 is 1.05 bits per heavy atom. The molecule has 112 valence electrons. The minimum absolute atomic E-state index is 0.220. The number of rotatable bonds is 8. The fourth-order valence-electron chi connectivity index (χ4n) is 2.33. The van der Waals surface area contributed by atoms with Crippen LogP contribution in [0.1, 0.15) is 18.4 Å². The molecule has 2 aromatic carbocycles. The molecule has 0 aliphatic rings. The number of hydrogen-bond donors (Lipinski definition) is 1. The Kier molecular flexibility index (Phi) is 6.77. The Hall–Kier alpha value is -1.32. The van der Waals surface area contributed by atoms with Crippen molar-refractivity contribution in [3.63, 3.8) is 0 Å². The predicted octanol–water partition coefficient (Wildman–Crippen LogP) is 4.46. The zero-order chi connectivity index (χ0) is 14.9. The van der Waals surface area contributed by atoms with Crippen molar-refractivity contribution in [3.05, 3.63) is 64.6 Å². The Morgan fingerprint density at radius 3 is 2.57 bits per heavy atom. The first-order valence-electron chi connectivity index (χ1n) is 7.31. The van der Waals surface area contributed by atoms with Crippen molar-refractivity contribution in [2.24, 2.45) is 5.92 Å². The minimum Gasteiger partial charge on any atom is -0.494 e. The van der Waals surface area contributed by atoms with Crippen LogP contribution in [0, 0.1) is 5.92 Å². The SMILES string of the molecule is OCC(CCCOc1ccccc1)Cc1cccc(Br)c1. The molecule has 0 fully saturated rings. The van der Waals surface area contributed by atoms with Crippen LogP contribution in [0.25, 0.3) is 0 Å². The summed E-state index contributed by atoms with van der Waals surface area (Å²) in [5, 5.41) is 9.52. The summed E-state index contributed by atoms with van der Waals surface area (Å²) in [6.07, 6.45) is 2.82. The molecule has 0 saturated carbocycles. The summed E-state index contributed by atoms with van der Waals surface area (Å²) >= 11 is 3.48. The van der Waals surface area contributed by atoms with Gasteiger partial charge in [-0.3, -0.25) is 0 Å². The zero-order valence-electron chi connectivity index (χ0n) is 12.0. The van der Waals surface area contributed by atoms with E-state index in [1.54, 1.807) is 0 Å². The maximum Gasteiger partial charge on any atom is 0.119 e. The summed E-state index contributed by atoms with van der Waals surface area (Å²) < 4.78 is 6.77. The van der Waals surface area contributed by atoms with Crippen LogP contribution in [0.15, 0.2) is 59.1 Å². The van der Waals surface area contributed by atoms with Crippen molar-refractivity contribution in [1.29, 1.82) is 0 Å². The molecular weight excluding hydrogens is 328 g/mol. The summed E-state index contributed by atoms with van der Waals surface area (Å²) in [4.78, 5) is 0. The molecule has 2 aromatic rings. The summed E-state index contributed by atoms with van der Waals surface area (Å²) in [6.45, 7) is 0.914. The highest BCUT2D eigenvalue weighted by Gasteiger charge is 2.09. The van der Waals surface area contributed by atoms with E-state index in [0.717, 1.165) is 29.5 Å². The lowest BCUT2D eigenvalue weighted by Crippen LogP contribution is -2.11. The Labute approximate surface area is 134 Å². The molecule has 0 saturated heterocycles. The van der Waals surface area contributed by atoms with Gasteiger partial charge in [-0.05, 0) is 55.0 Å². The summed E-state index contributed by atoms with van der Waals surface area (Å²) in [7, 11) is 0. The van der Waals surface area contributed by atoms with E-state index in [1.807, 2.05) is 42.5 Å². The normalized spacial score (nSPS) is 12.1. The third-order valence-electron chi connectivity index (χ3n) is 3.44. The van der Waals surface area contributed by atoms with E-state index < -0.39 is 0 Å². The van der Waals surface area contributed by atoms with Crippen molar-refractivity contribution in [1.82, 2.24) is 0 Å². The lowest BCUT2D eigenvalue weighted by atomic mass is 9.96. The minimum atomic E-state index is 0.220. The number of halogens is 1. The summed E-state index contributed by atoms with van der Waals surface area (Å²) in [5.41, 5.74) is 1.26. The average molecular weight is 349 g/mol. The second-order valence-corrected chi connectivity index (χ2v) is 6.10. The van der Waals surface area contributed by atoms with Crippen LogP contribution in [0.3, 0.4) is 0 Å². The summed E-state index contributed by atoms with van der Waals surface area (Å²) in [6, 6.07) is 18.1. The third kappa shape index (κ3) is 5.90. The highest BCUT2D eigenvalue weighted by atomic mass is 79.9. The van der Waals surface area contributed by atoms with Crippen LogP contribution in [-0.2, 0) is 6.42 Å². The lowest BCUT2D eigenvalue weighted by Gasteiger charge is -2.14. The second kappa shape index (κ2) is 8.85. The molecule has 1 N–H and O–H groups in total. The molecule has 2 rings (SSSR count). The van der Waals surface area contributed by atoms with E-state index >= 15 is 0 Å². The first kappa shape index (κ1) is 16.1. The van der Waals surface area contributed by atoms with Crippen LogP contribution in [-0.4, -0.2) is 18.3 Å². The standard InChI is InChI=1S/C18H21BrO2/c19-17-8-4-6-15(13-17)12-16(14-20)7-5-11-21-18-9-2-1-3-10-18/h1-4,6,8-10,13,16,20H,5,7,11-12,14H2. The molecule has 2 nitrogen and oxygen atoms in total. The molecule has 0 radical (unpaired) electrons. The van der Waals surface area contributed by atoms with Gasteiger partial charge in [-0.15, -0.1) is 0 Å². The fraction of sp³-hybridized carbons (Fsp3) is 0.333. The van der Waals surface area contributed by atoms with Crippen LogP contribution >= 0.6 is 15.9 Å². The van der Waals surface area contributed by atoms with Crippen molar-refractivity contribution in [2.75, 3.05) is 13.2 Å². The van der Waals surface area contributed by atoms with E-state index in [1.165, 1.54) is 5.56 Å². The Morgan fingerprint density at radius 2 is 1.86 bits per heavy atom. The monoisotopic (exact) mass is 348 g/mol. The largest absolute Gasteiger partial charge is 0.494 e. The van der Waals surface area contributed by atoms with Gasteiger partial charge in [0.05, 0.1) is 6.61 Å². The molecular formula is C18H21BrO2. The molecule has 21 heavy (non-hydrogen) atoms. The topological polar surface area (TPSA) is 29.5 Å². The first-order chi connectivity index (χ1) is 10.3. The molecule has 3 heteroatoms. The molecule has 0 bridgehead atoms. The highest BCUT2D eigenvalue weighted by Crippen LogP contribution is 2.18. The van der Waals surface area contributed by atoms with E-state index in [-0.39, 0.29) is 6.61 Å². The average Bonchev–Trinajstić information content (AvgIpc) is 2.51. The lowest BCUT2D eigenvalue weighted by molar-refractivity contribution is 0.205. The van der Waals surface area contributed by atoms with Gasteiger partial charge in [0.1, 0.15) is 5.75 Å². The first-order valence-corrected chi connectivity index (χ1v) is 8.10. The molecule has 0 aliphatic heterocycles. The number of ether oxygens (including phenoxy) is 1.